The van der Waals surface area contributed by atoms with E-state index in [1.54, 1.807) is 11.8 Å². The SMILES string of the molecule is C#CCn1c(=NC(=O)Cc2ccc(C(C)C)cc2)sc2cc(SC)ccc21. The van der Waals surface area contributed by atoms with Crippen molar-refractivity contribution in [2.24, 2.45) is 4.99 Å². The molecule has 2 aromatic carbocycles. The molecular formula is C22H22N2OS2. The molecule has 0 saturated carbocycles. The zero-order valence-corrected chi connectivity index (χ0v) is 17.4. The van der Waals surface area contributed by atoms with E-state index in [1.807, 2.05) is 29.0 Å². The zero-order chi connectivity index (χ0) is 19.4. The number of fused-ring (bicyclic) bond motifs is 1. The first-order chi connectivity index (χ1) is 13.0. The van der Waals surface area contributed by atoms with Crippen LogP contribution in [0.1, 0.15) is 30.9 Å². The Morgan fingerprint density at radius 1 is 1.26 bits per heavy atom. The summed E-state index contributed by atoms with van der Waals surface area (Å²) >= 11 is 3.20. The second-order valence-corrected chi connectivity index (χ2v) is 8.48. The number of carbonyl (C=O) groups is 1. The van der Waals surface area contributed by atoms with E-state index in [0.717, 1.165) is 15.8 Å². The lowest BCUT2D eigenvalue weighted by molar-refractivity contribution is -0.117. The highest BCUT2D eigenvalue weighted by molar-refractivity contribution is 7.98. The maximum absolute atomic E-state index is 12.5. The Morgan fingerprint density at radius 2 is 2.00 bits per heavy atom. The Bertz CT molecular complexity index is 1070. The molecule has 1 aromatic heterocycles. The van der Waals surface area contributed by atoms with E-state index in [4.69, 9.17) is 6.42 Å². The van der Waals surface area contributed by atoms with Crippen LogP contribution < -0.4 is 4.80 Å². The highest BCUT2D eigenvalue weighted by Crippen LogP contribution is 2.24. The predicted molar refractivity (Wildman–Crippen MR) is 115 cm³/mol. The summed E-state index contributed by atoms with van der Waals surface area (Å²) in [6.07, 6.45) is 7.87. The number of aromatic nitrogens is 1. The van der Waals surface area contributed by atoms with Gasteiger partial charge in [0.15, 0.2) is 4.80 Å². The Kier molecular flexibility index (Phi) is 6.20. The van der Waals surface area contributed by atoms with E-state index in [0.29, 0.717) is 23.7 Å². The molecule has 1 amide bonds. The van der Waals surface area contributed by atoms with Crippen LogP contribution in [0.4, 0.5) is 0 Å². The molecule has 1 heterocycles. The number of hydrogen-bond acceptors (Lipinski definition) is 3. The highest BCUT2D eigenvalue weighted by atomic mass is 32.2. The third kappa shape index (κ3) is 4.52. The Morgan fingerprint density at radius 3 is 2.63 bits per heavy atom. The van der Waals surface area contributed by atoms with Gasteiger partial charge in [0.1, 0.15) is 0 Å². The molecule has 0 fully saturated rings. The quantitative estimate of drug-likeness (QED) is 0.458. The fraction of sp³-hybridized carbons (Fsp3) is 0.273. The van der Waals surface area contributed by atoms with Crippen molar-refractivity contribution in [2.75, 3.05) is 6.26 Å². The van der Waals surface area contributed by atoms with Crippen molar-refractivity contribution in [3.63, 3.8) is 0 Å². The van der Waals surface area contributed by atoms with Gasteiger partial charge in [0.05, 0.1) is 23.2 Å². The number of thiazole rings is 1. The smallest absolute Gasteiger partial charge is 0.252 e. The van der Waals surface area contributed by atoms with Crippen LogP contribution >= 0.6 is 23.1 Å². The van der Waals surface area contributed by atoms with Crippen LogP contribution in [0.15, 0.2) is 52.4 Å². The molecule has 0 unspecified atom stereocenters. The maximum atomic E-state index is 12.5. The summed E-state index contributed by atoms with van der Waals surface area (Å²) in [4.78, 5) is 18.7. The van der Waals surface area contributed by atoms with E-state index in [9.17, 15) is 4.79 Å². The number of carbonyl (C=O) groups excluding carboxylic acids is 1. The van der Waals surface area contributed by atoms with Crippen molar-refractivity contribution in [1.82, 2.24) is 4.57 Å². The van der Waals surface area contributed by atoms with E-state index in [-0.39, 0.29) is 5.91 Å². The van der Waals surface area contributed by atoms with Gasteiger partial charge in [-0.15, -0.1) is 18.2 Å². The van der Waals surface area contributed by atoms with Crippen LogP contribution in [0.3, 0.4) is 0 Å². The van der Waals surface area contributed by atoms with Gasteiger partial charge in [0.2, 0.25) is 0 Å². The van der Waals surface area contributed by atoms with E-state index < -0.39 is 0 Å². The summed E-state index contributed by atoms with van der Waals surface area (Å²) in [7, 11) is 0. The summed E-state index contributed by atoms with van der Waals surface area (Å²) in [5.74, 6) is 2.99. The topological polar surface area (TPSA) is 34.4 Å². The lowest BCUT2D eigenvalue weighted by Gasteiger charge is -2.05. The average Bonchev–Trinajstić information content (AvgIpc) is 2.98. The predicted octanol–water partition coefficient (Wildman–Crippen LogP) is 4.85. The molecule has 0 aliphatic rings. The maximum Gasteiger partial charge on any atom is 0.252 e. The number of terminal acetylenes is 1. The van der Waals surface area contributed by atoms with Crippen LogP contribution in [0.5, 0.6) is 0 Å². The molecule has 0 bridgehead atoms. The molecule has 0 aliphatic carbocycles. The minimum Gasteiger partial charge on any atom is -0.305 e. The third-order valence-electron chi connectivity index (χ3n) is 4.36. The monoisotopic (exact) mass is 394 g/mol. The number of benzene rings is 2. The standard InChI is InChI=1S/C22H22N2OS2/c1-5-12-24-19-11-10-18(26-4)14-20(19)27-22(24)23-21(25)13-16-6-8-17(9-7-16)15(2)3/h1,6-11,14-15H,12-13H2,2-4H3. The molecule has 0 atom stereocenters. The van der Waals surface area contributed by atoms with Crippen LogP contribution in [-0.4, -0.2) is 16.7 Å². The fourth-order valence-electron chi connectivity index (χ4n) is 2.85. The second-order valence-electron chi connectivity index (χ2n) is 6.59. The van der Waals surface area contributed by atoms with Gasteiger partial charge in [0.25, 0.3) is 5.91 Å². The third-order valence-corrected chi connectivity index (χ3v) is 6.13. The second kappa shape index (κ2) is 8.60. The molecule has 0 radical (unpaired) electrons. The van der Waals surface area contributed by atoms with Gasteiger partial charge >= 0.3 is 0 Å². The Labute approximate surface area is 168 Å². The Hall–Kier alpha value is -2.29. The van der Waals surface area contributed by atoms with Crippen LogP contribution in [0.25, 0.3) is 10.2 Å². The average molecular weight is 395 g/mol. The molecule has 3 aromatic rings. The summed E-state index contributed by atoms with van der Waals surface area (Å²) in [5.41, 5.74) is 3.26. The molecule has 3 rings (SSSR count). The number of amides is 1. The van der Waals surface area contributed by atoms with E-state index in [2.05, 4.69) is 49.0 Å². The lowest BCUT2D eigenvalue weighted by atomic mass is 10.0. The van der Waals surface area contributed by atoms with Crippen molar-refractivity contribution in [3.05, 3.63) is 58.4 Å². The minimum absolute atomic E-state index is 0.158. The van der Waals surface area contributed by atoms with Crippen molar-refractivity contribution in [2.45, 2.75) is 37.6 Å². The van der Waals surface area contributed by atoms with E-state index in [1.165, 1.54) is 21.8 Å². The lowest BCUT2D eigenvalue weighted by Crippen LogP contribution is -2.17. The van der Waals surface area contributed by atoms with Gasteiger partial charge in [-0.1, -0.05) is 55.4 Å². The number of rotatable bonds is 5. The summed E-state index contributed by atoms with van der Waals surface area (Å²) in [6.45, 7) is 4.71. The number of thioether (sulfide) groups is 1. The van der Waals surface area contributed by atoms with Gasteiger partial charge in [-0.25, -0.2) is 0 Å². The van der Waals surface area contributed by atoms with Gasteiger partial charge in [-0.05, 0) is 41.5 Å². The van der Waals surface area contributed by atoms with Gasteiger partial charge in [0, 0.05) is 4.90 Å². The molecule has 0 spiro atoms. The first-order valence-electron chi connectivity index (χ1n) is 8.79. The molecule has 0 aliphatic heterocycles. The highest BCUT2D eigenvalue weighted by Gasteiger charge is 2.09. The summed E-state index contributed by atoms with van der Waals surface area (Å²) in [6, 6.07) is 14.4. The molecule has 138 valence electrons. The molecular weight excluding hydrogens is 372 g/mol. The molecule has 0 N–H and O–H groups in total. The first-order valence-corrected chi connectivity index (χ1v) is 10.8. The van der Waals surface area contributed by atoms with E-state index >= 15 is 0 Å². The molecule has 3 nitrogen and oxygen atoms in total. The molecule has 27 heavy (non-hydrogen) atoms. The summed E-state index contributed by atoms with van der Waals surface area (Å²) < 4.78 is 3.02. The number of hydrogen-bond donors (Lipinski definition) is 0. The zero-order valence-electron chi connectivity index (χ0n) is 15.7. The van der Waals surface area contributed by atoms with Crippen molar-refractivity contribution < 1.29 is 4.79 Å². The fourth-order valence-corrected chi connectivity index (χ4v) is 4.45. The normalized spacial score (nSPS) is 11.9. The molecule has 5 heteroatoms. The minimum atomic E-state index is -0.158. The van der Waals surface area contributed by atoms with Gasteiger partial charge < -0.3 is 4.57 Å². The van der Waals surface area contributed by atoms with Crippen molar-refractivity contribution in [3.8, 4) is 12.3 Å². The van der Waals surface area contributed by atoms with Crippen molar-refractivity contribution in [1.29, 1.82) is 0 Å². The van der Waals surface area contributed by atoms with Crippen molar-refractivity contribution >= 4 is 39.2 Å². The largest absolute Gasteiger partial charge is 0.305 e. The first kappa shape index (κ1) is 19.5. The van der Waals surface area contributed by atoms with Gasteiger partial charge in [-0.3, -0.25) is 4.79 Å². The Balaban J connectivity index is 1.92. The summed E-state index contributed by atoms with van der Waals surface area (Å²) in [5, 5.41) is 0. The van der Waals surface area contributed by atoms with Gasteiger partial charge in [-0.2, -0.15) is 4.99 Å². The number of nitrogens with zero attached hydrogens (tertiary/aromatic N) is 2. The molecule has 0 saturated heterocycles. The van der Waals surface area contributed by atoms with Crippen LogP contribution in [-0.2, 0) is 17.8 Å². The van der Waals surface area contributed by atoms with Crippen LogP contribution in [0.2, 0.25) is 0 Å². The van der Waals surface area contributed by atoms with Crippen LogP contribution in [0, 0.1) is 12.3 Å².